The van der Waals surface area contributed by atoms with Crippen LogP contribution in [0.5, 0.6) is 0 Å². The van der Waals surface area contributed by atoms with Gasteiger partial charge in [-0.3, -0.25) is 19.2 Å². The number of amides is 4. The second-order valence-electron chi connectivity index (χ2n) is 12.2. The van der Waals surface area contributed by atoms with Gasteiger partial charge in [0.05, 0.1) is 31.8 Å². The van der Waals surface area contributed by atoms with Crippen LogP contribution in [0.2, 0.25) is 0 Å². The number of hydrogen-bond acceptors (Lipinski definition) is 8. The number of carbonyl (C=O) groups is 4. The summed E-state index contributed by atoms with van der Waals surface area (Å²) >= 11 is 0. The Hall–Kier alpha value is -2.28. The molecule has 3 N–H and O–H groups in total. The van der Waals surface area contributed by atoms with Gasteiger partial charge in [0.1, 0.15) is 6.04 Å². The average Bonchev–Trinajstić information content (AvgIpc) is 3.38. The van der Waals surface area contributed by atoms with E-state index >= 15 is 0 Å². The molecule has 6 atom stereocenters. The monoisotopic (exact) mass is 563 g/mol. The topological polar surface area (TPSA) is 141 Å². The maximum Gasteiger partial charge on any atom is 0.243 e. The lowest BCUT2D eigenvalue weighted by Crippen LogP contribution is -2.51. The Labute approximate surface area is 236 Å². The number of fused-ring (bicyclic) bond motifs is 3. The summed E-state index contributed by atoms with van der Waals surface area (Å²) < 4.78 is 10.9. The second kappa shape index (κ2) is 13.1. The normalized spacial score (nSPS) is 35.0. The standard InChI is InChI=1S/C28H45N5O7/c1-18-24(34)15-26(36)32-5-2-19(12-25(35)31-6-10-40-11-7-31)20(16-32)13-27(37)33-17-22(14-23(33)28(38)29-18)30-21-3-8-39-9-4-21/h18-24,30,34H,2-17H2,1H3,(H,29,38)/t18-,19-,20-,22-,23-,24-/m0/s1. The van der Waals surface area contributed by atoms with E-state index in [9.17, 15) is 24.3 Å². The molecule has 224 valence electrons. The van der Waals surface area contributed by atoms with E-state index in [1.165, 1.54) is 0 Å². The molecule has 5 rings (SSSR count). The van der Waals surface area contributed by atoms with Crippen molar-refractivity contribution in [2.45, 2.75) is 82.1 Å². The van der Waals surface area contributed by atoms with Crippen molar-refractivity contribution in [3.8, 4) is 0 Å². The zero-order valence-corrected chi connectivity index (χ0v) is 23.6. The zero-order chi connectivity index (χ0) is 28.2. The molecule has 0 aromatic carbocycles. The van der Waals surface area contributed by atoms with E-state index in [1.807, 2.05) is 4.90 Å². The van der Waals surface area contributed by atoms with Crippen LogP contribution in [0.4, 0.5) is 0 Å². The Morgan fingerprint density at radius 2 is 1.68 bits per heavy atom. The molecule has 5 aliphatic rings. The van der Waals surface area contributed by atoms with Crippen molar-refractivity contribution in [1.82, 2.24) is 25.3 Å². The van der Waals surface area contributed by atoms with Gasteiger partial charge in [-0.1, -0.05) is 0 Å². The Morgan fingerprint density at radius 1 is 0.950 bits per heavy atom. The summed E-state index contributed by atoms with van der Waals surface area (Å²) in [5, 5.41) is 17.3. The van der Waals surface area contributed by atoms with Crippen molar-refractivity contribution in [3.05, 3.63) is 0 Å². The lowest BCUT2D eigenvalue weighted by Gasteiger charge is -2.40. The van der Waals surface area contributed by atoms with Crippen LogP contribution >= 0.6 is 0 Å². The third kappa shape index (κ3) is 6.95. The minimum Gasteiger partial charge on any atom is -0.390 e. The Kier molecular flexibility index (Phi) is 9.60. The first kappa shape index (κ1) is 29.2. The molecule has 5 aliphatic heterocycles. The van der Waals surface area contributed by atoms with Crippen LogP contribution in [0.1, 0.15) is 51.9 Å². The zero-order valence-electron chi connectivity index (χ0n) is 23.6. The highest BCUT2D eigenvalue weighted by Gasteiger charge is 2.43. The third-order valence-electron chi connectivity index (χ3n) is 9.43. The van der Waals surface area contributed by atoms with Crippen LogP contribution in [0, 0.1) is 11.8 Å². The Balaban J connectivity index is 1.34. The fourth-order valence-corrected chi connectivity index (χ4v) is 6.90. The number of aliphatic hydroxyl groups is 1. The molecule has 0 aliphatic carbocycles. The molecular weight excluding hydrogens is 518 g/mol. The second-order valence-corrected chi connectivity index (χ2v) is 12.2. The van der Waals surface area contributed by atoms with Crippen molar-refractivity contribution < 1.29 is 33.8 Å². The molecule has 5 saturated heterocycles. The van der Waals surface area contributed by atoms with Gasteiger partial charge in [-0.25, -0.2) is 0 Å². The molecule has 5 heterocycles. The highest BCUT2D eigenvalue weighted by molar-refractivity contribution is 5.89. The summed E-state index contributed by atoms with van der Waals surface area (Å²) in [7, 11) is 0. The van der Waals surface area contributed by atoms with Crippen LogP contribution in [0.15, 0.2) is 0 Å². The van der Waals surface area contributed by atoms with E-state index in [0.29, 0.717) is 78.4 Å². The minimum atomic E-state index is -1.03. The highest BCUT2D eigenvalue weighted by Crippen LogP contribution is 2.33. The number of nitrogens with zero attached hydrogens (tertiary/aromatic N) is 3. The van der Waals surface area contributed by atoms with E-state index in [4.69, 9.17) is 9.47 Å². The first-order valence-corrected chi connectivity index (χ1v) is 15.0. The summed E-state index contributed by atoms with van der Waals surface area (Å²) in [6.07, 6.45) is 2.30. The largest absolute Gasteiger partial charge is 0.390 e. The lowest BCUT2D eigenvalue weighted by atomic mass is 9.80. The quantitative estimate of drug-likeness (QED) is 0.400. The van der Waals surface area contributed by atoms with Gasteiger partial charge >= 0.3 is 0 Å². The number of nitrogens with one attached hydrogen (secondary N) is 2. The van der Waals surface area contributed by atoms with Gasteiger partial charge in [-0.2, -0.15) is 0 Å². The van der Waals surface area contributed by atoms with E-state index in [1.54, 1.807) is 16.7 Å². The van der Waals surface area contributed by atoms with E-state index < -0.39 is 18.2 Å². The fourth-order valence-electron chi connectivity index (χ4n) is 6.90. The van der Waals surface area contributed by atoms with Crippen molar-refractivity contribution in [3.63, 3.8) is 0 Å². The molecule has 0 unspecified atom stereocenters. The number of rotatable bonds is 4. The molecule has 0 aromatic heterocycles. The van der Waals surface area contributed by atoms with Crippen molar-refractivity contribution in [1.29, 1.82) is 0 Å². The molecule has 2 bridgehead atoms. The van der Waals surface area contributed by atoms with E-state index in [-0.39, 0.29) is 60.4 Å². The summed E-state index contributed by atoms with van der Waals surface area (Å²) in [6, 6.07) is -1.00. The summed E-state index contributed by atoms with van der Waals surface area (Å²) in [5.74, 6) is -0.784. The van der Waals surface area contributed by atoms with Crippen molar-refractivity contribution in [2.75, 3.05) is 59.2 Å². The van der Waals surface area contributed by atoms with Crippen LogP contribution in [0.3, 0.4) is 0 Å². The van der Waals surface area contributed by atoms with Crippen LogP contribution in [0.25, 0.3) is 0 Å². The van der Waals surface area contributed by atoms with Gasteiger partial charge in [0, 0.05) is 70.9 Å². The van der Waals surface area contributed by atoms with E-state index in [2.05, 4.69) is 10.6 Å². The van der Waals surface area contributed by atoms with Crippen molar-refractivity contribution in [2.24, 2.45) is 11.8 Å². The predicted molar refractivity (Wildman–Crippen MR) is 144 cm³/mol. The molecule has 0 spiro atoms. The first-order valence-electron chi connectivity index (χ1n) is 15.0. The number of aliphatic hydroxyl groups excluding tert-OH is 1. The van der Waals surface area contributed by atoms with Gasteiger partial charge < -0.3 is 39.9 Å². The van der Waals surface area contributed by atoms with Crippen LogP contribution in [-0.2, 0) is 28.7 Å². The van der Waals surface area contributed by atoms with Crippen LogP contribution in [-0.4, -0.2) is 133 Å². The molecule has 12 nitrogen and oxygen atoms in total. The maximum atomic E-state index is 13.9. The predicted octanol–water partition coefficient (Wildman–Crippen LogP) is -0.902. The number of hydrogen-bond donors (Lipinski definition) is 3. The molecule has 40 heavy (non-hydrogen) atoms. The van der Waals surface area contributed by atoms with Gasteiger partial charge in [-0.05, 0) is 44.4 Å². The smallest absolute Gasteiger partial charge is 0.243 e. The summed E-state index contributed by atoms with van der Waals surface area (Å²) in [5.41, 5.74) is 0. The molecule has 5 fully saturated rings. The van der Waals surface area contributed by atoms with E-state index in [0.717, 1.165) is 12.8 Å². The Morgan fingerprint density at radius 3 is 2.42 bits per heavy atom. The summed E-state index contributed by atoms with van der Waals surface area (Å²) in [4.78, 5) is 58.7. The molecular formula is C28H45N5O7. The lowest BCUT2D eigenvalue weighted by molar-refractivity contribution is -0.143. The molecule has 0 radical (unpaired) electrons. The van der Waals surface area contributed by atoms with Gasteiger partial charge in [0.15, 0.2) is 0 Å². The van der Waals surface area contributed by atoms with Gasteiger partial charge in [-0.15, -0.1) is 0 Å². The molecule has 0 aromatic rings. The van der Waals surface area contributed by atoms with Gasteiger partial charge in [0.2, 0.25) is 23.6 Å². The maximum absolute atomic E-state index is 13.9. The Bertz CT molecular complexity index is 938. The minimum absolute atomic E-state index is 0.0148. The highest BCUT2D eigenvalue weighted by atomic mass is 16.5. The molecule has 0 saturated carbocycles. The fraction of sp³-hybridized carbons (Fsp3) is 0.857. The third-order valence-corrected chi connectivity index (χ3v) is 9.43. The number of piperidine rings is 1. The average molecular weight is 564 g/mol. The van der Waals surface area contributed by atoms with Crippen molar-refractivity contribution >= 4 is 23.6 Å². The van der Waals surface area contributed by atoms with Crippen LogP contribution < -0.4 is 10.6 Å². The van der Waals surface area contributed by atoms with Gasteiger partial charge in [0.25, 0.3) is 0 Å². The molecule has 12 heteroatoms. The number of ether oxygens (including phenoxy) is 2. The number of carbonyl (C=O) groups excluding carboxylic acids is 4. The SMILES string of the molecule is C[C@@H]1NC(=O)[C@@H]2C[C@H](NC3CCOCC3)CN2C(=O)C[C@H]2CN(CC[C@H]2CC(=O)N2CCOCC2)C(=O)C[C@@H]1O. The first-order chi connectivity index (χ1) is 19.3. The summed E-state index contributed by atoms with van der Waals surface area (Å²) in [6.45, 7) is 6.59. The number of morpholine rings is 1. The molecule has 4 amide bonds.